The summed E-state index contributed by atoms with van der Waals surface area (Å²) in [6, 6.07) is 4.18. The molecule has 2 rings (SSSR count). The highest BCUT2D eigenvalue weighted by molar-refractivity contribution is 5.08. The van der Waals surface area contributed by atoms with Crippen molar-refractivity contribution in [1.29, 1.82) is 0 Å². The molecule has 1 N–H and O–H groups in total. The van der Waals surface area contributed by atoms with Crippen LogP contribution in [0.25, 0.3) is 0 Å². The lowest BCUT2D eigenvalue weighted by Gasteiger charge is -2.43. The molecule has 17 heavy (non-hydrogen) atoms. The van der Waals surface area contributed by atoms with E-state index in [1.807, 2.05) is 18.5 Å². The van der Waals surface area contributed by atoms with Crippen LogP contribution >= 0.6 is 0 Å². The van der Waals surface area contributed by atoms with Crippen molar-refractivity contribution >= 4 is 0 Å². The average molecular weight is 233 g/mol. The molecule has 3 heteroatoms. The molecular weight excluding hydrogens is 210 g/mol. The second kappa shape index (κ2) is 5.61. The molecule has 3 nitrogen and oxygen atoms in total. The van der Waals surface area contributed by atoms with Gasteiger partial charge in [-0.2, -0.15) is 0 Å². The van der Waals surface area contributed by atoms with E-state index < -0.39 is 0 Å². The molecule has 94 valence electrons. The third kappa shape index (κ3) is 3.51. The van der Waals surface area contributed by atoms with Crippen LogP contribution in [-0.4, -0.2) is 41.6 Å². The van der Waals surface area contributed by atoms with Crippen molar-refractivity contribution in [1.82, 2.24) is 15.2 Å². The normalized spacial score (nSPS) is 20.4. The van der Waals surface area contributed by atoms with Crippen LogP contribution in [0.2, 0.25) is 0 Å². The summed E-state index contributed by atoms with van der Waals surface area (Å²) >= 11 is 0. The van der Waals surface area contributed by atoms with E-state index in [1.165, 1.54) is 25.1 Å². The van der Waals surface area contributed by atoms with Crippen molar-refractivity contribution in [2.45, 2.75) is 32.2 Å². The van der Waals surface area contributed by atoms with Gasteiger partial charge in [0.2, 0.25) is 0 Å². The van der Waals surface area contributed by atoms with Crippen molar-refractivity contribution in [2.75, 3.05) is 26.2 Å². The average Bonchev–Trinajstić information content (AvgIpc) is 2.32. The van der Waals surface area contributed by atoms with Gasteiger partial charge in [-0.3, -0.25) is 9.88 Å². The Morgan fingerprint density at radius 2 is 2.35 bits per heavy atom. The molecule has 1 aromatic heterocycles. The summed E-state index contributed by atoms with van der Waals surface area (Å²) in [6.45, 7) is 9.21. The van der Waals surface area contributed by atoms with Gasteiger partial charge < -0.3 is 5.32 Å². The Balaban J connectivity index is 1.78. The van der Waals surface area contributed by atoms with Gasteiger partial charge in [-0.15, -0.1) is 0 Å². The molecule has 0 spiro atoms. The maximum absolute atomic E-state index is 4.16. The van der Waals surface area contributed by atoms with E-state index in [-0.39, 0.29) is 0 Å². The van der Waals surface area contributed by atoms with Crippen LogP contribution in [-0.2, 0) is 6.42 Å². The van der Waals surface area contributed by atoms with Crippen molar-refractivity contribution in [3.05, 3.63) is 30.1 Å². The number of pyridine rings is 1. The SMILES string of the molecule is CC1(C)CNCCN1CCCc1cccnc1. The fraction of sp³-hybridized carbons (Fsp3) is 0.643. The first kappa shape index (κ1) is 12.5. The Hall–Kier alpha value is -0.930. The van der Waals surface area contributed by atoms with E-state index >= 15 is 0 Å². The lowest BCUT2D eigenvalue weighted by Crippen LogP contribution is -2.58. The molecule has 2 heterocycles. The second-order valence-corrected chi connectivity index (χ2v) is 5.44. The molecule has 0 atom stereocenters. The van der Waals surface area contributed by atoms with E-state index in [9.17, 15) is 0 Å². The maximum Gasteiger partial charge on any atom is 0.0299 e. The predicted octanol–water partition coefficient (Wildman–Crippen LogP) is 1.70. The molecule has 0 saturated carbocycles. The molecule has 0 radical (unpaired) electrons. The monoisotopic (exact) mass is 233 g/mol. The summed E-state index contributed by atoms with van der Waals surface area (Å²) in [5.41, 5.74) is 1.65. The molecule has 0 unspecified atom stereocenters. The van der Waals surface area contributed by atoms with E-state index in [4.69, 9.17) is 0 Å². The van der Waals surface area contributed by atoms with Crippen LogP contribution in [0.4, 0.5) is 0 Å². The first-order valence-electron chi connectivity index (χ1n) is 6.53. The zero-order valence-corrected chi connectivity index (χ0v) is 10.9. The topological polar surface area (TPSA) is 28.2 Å². The Morgan fingerprint density at radius 1 is 1.47 bits per heavy atom. The summed E-state index contributed by atoms with van der Waals surface area (Å²) in [6.07, 6.45) is 6.16. The maximum atomic E-state index is 4.16. The van der Waals surface area contributed by atoms with Gasteiger partial charge >= 0.3 is 0 Å². The summed E-state index contributed by atoms with van der Waals surface area (Å²) in [4.78, 5) is 6.75. The van der Waals surface area contributed by atoms with E-state index in [0.29, 0.717) is 5.54 Å². The largest absolute Gasteiger partial charge is 0.314 e. The van der Waals surface area contributed by atoms with Crippen molar-refractivity contribution in [2.24, 2.45) is 0 Å². The zero-order valence-electron chi connectivity index (χ0n) is 10.9. The van der Waals surface area contributed by atoms with Gasteiger partial charge in [-0.1, -0.05) is 6.07 Å². The molecule has 1 aliphatic rings. The lowest BCUT2D eigenvalue weighted by atomic mass is 9.99. The van der Waals surface area contributed by atoms with Gasteiger partial charge in [0.05, 0.1) is 0 Å². The number of aromatic nitrogens is 1. The number of hydrogen-bond donors (Lipinski definition) is 1. The minimum Gasteiger partial charge on any atom is -0.314 e. The summed E-state index contributed by atoms with van der Waals surface area (Å²) in [7, 11) is 0. The number of hydrogen-bond acceptors (Lipinski definition) is 3. The summed E-state index contributed by atoms with van der Waals surface area (Å²) < 4.78 is 0. The van der Waals surface area contributed by atoms with Crippen LogP contribution in [0.3, 0.4) is 0 Å². The van der Waals surface area contributed by atoms with Gasteiger partial charge in [0.15, 0.2) is 0 Å². The number of nitrogens with one attached hydrogen (secondary N) is 1. The molecule has 1 saturated heterocycles. The smallest absolute Gasteiger partial charge is 0.0299 e. The lowest BCUT2D eigenvalue weighted by molar-refractivity contribution is 0.0895. The Bertz CT molecular complexity index is 335. The molecule has 1 aliphatic heterocycles. The number of rotatable bonds is 4. The molecule has 1 aromatic rings. The highest BCUT2D eigenvalue weighted by atomic mass is 15.2. The summed E-state index contributed by atoms with van der Waals surface area (Å²) in [5, 5.41) is 3.46. The van der Waals surface area contributed by atoms with E-state index in [2.05, 4.69) is 35.1 Å². The number of nitrogens with zero attached hydrogens (tertiary/aromatic N) is 2. The Labute approximate surface area is 104 Å². The third-order valence-corrected chi connectivity index (χ3v) is 3.59. The standard InChI is InChI=1S/C14H23N3/c1-14(2)12-16-8-10-17(14)9-4-6-13-5-3-7-15-11-13/h3,5,7,11,16H,4,6,8-10,12H2,1-2H3. The fourth-order valence-corrected chi connectivity index (χ4v) is 2.46. The molecule has 0 aromatic carbocycles. The van der Waals surface area contributed by atoms with E-state index in [1.54, 1.807) is 0 Å². The predicted molar refractivity (Wildman–Crippen MR) is 71.1 cm³/mol. The fourth-order valence-electron chi connectivity index (χ4n) is 2.46. The molecule has 1 fully saturated rings. The van der Waals surface area contributed by atoms with Crippen LogP contribution in [0, 0.1) is 0 Å². The van der Waals surface area contributed by atoms with Crippen LogP contribution in [0.5, 0.6) is 0 Å². The zero-order chi connectivity index (χ0) is 12.1. The molecule has 0 aliphatic carbocycles. The van der Waals surface area contributed by atoms with Crippen LogP contribution < -0.4 is 5.32 Å². The van der Waals surface area contributed by atoms with Gasteiger partial charge in [0, 0.05) is 37.6 Å². The number of piperazine rings is 1. The van der Waals surface area contributed by atoms with Crippen LogP contribution in [0.1, 0.15) is 25.8 Å². The first-order valence-corrected chi connectivity index (χ1v) is 6.53. The van der Waals surface area contributed by atoms with Gasteiger partial charge in [0.1, 0.15) is 0 Å². The van der Waals surface area contributed by atoms with Crippen LogP contribution in [0.15, 0.2) is 24.5 Å². The number of aryl methyl sites for hydroxylation is 1. The Kier molecular flexibility index (Phi) is 4.13. The minimum absolute atomic E-state index is 0.299. The van der Waals surface area contributed by atoms with Gasteiger partial charge in [-0.25, -0.2) is 0 Å². The minimum atomic E-state index is 0.299. The highest BCUT2D eigenvalue weighted by Gasteiger charge is 2.28. The van der Waals surface area contributed by atoms with E-state index in [0.717, 1.165) is 19.5 Å². The molecule has 0 amide bonds. The highest BCUT2D eigenvalue weighted by Crippen LogP contribution is 2.16. The third-order valence-electron chi connectivity index (χ3n) is 3.59. The molecule has 0 bridgehead atoms. The summed E-state index contributed by atoms with van der Waals surface area (Å²) in [5.74, 6) is 0. The van der Waals surface area contributed by atoms with Crippen molar-refractivity contribution in [3.63, 3.8) is 0 Å². The quantitative estimate of drug-likeness (QED) is 0.858. The second-order valence-electron chi connectivity index (χ2n) is 5.44. The first-order chi connectivity index (χ1) is 8.18. The molecular formula is C14H23N3. The van der Waals surface area contributed by atoms with Crippen molar-refractivity contribution in [3.8, 4) is 0 Å². The van der Waals surface area contributed by atoms with Gasteiger partial charge in [0.25, 0.3) is 0 Å². The Morgan fingerprint density at radius 3 is 3.06 bits per heavy atom. The van der Waals surface area contributed by atoms with Gasteiger partial charge in [-0.05, 0) is 44.9 Å². The van der Waals surface area contributed by atoms with Crippen molar-refractivity contribution < 1.29 is 0 Å².